The molecule has 0 aliphatic carbocycles. The molecule has 4 heteroatoms. The third-order valence-corrected chi connectivity index (χ3v) is 4.73. The summed E-state index contributed by atoms with van der Waals surface area (Å²) in [5.41, 5.74) is 2.51. The summed E-state index contributed by atoms with van der Waals surface area (Å²) in [7, 11) is 0. The van der Waals surface area contributed by atoms with Crippen LogP contribution in [0.3, 0.4) is 0 Å². The maximum absolute atomic E-state index is 13.2. The highest BCUT2D eigenvalue weighted by Crippen LogP contribution is 2.41. The summed E-state index contributed by atoms with van der Waals surface area (Å²) in [5, 5.41) is 13.2. The van der Waals surface area contributed by atoms with Gasteiger partial charge in [-0.3, -0.25) is 9.69 Å². The molecule has 0 saturated heterocycles. The number of carbonyl (C=O) groups is 1. The van der Waals surface area contributed by atoms with Crippen molar-refractivity contribution in [3.8, 4) is 0 Å². The SMILES string of the molecule is CCCN(CCC)C1Cc2cccc3c2[N+]([O-])(CC3=O)C1. The van der Waals surface area contributed by atoms with E-state index in [-0.39, 0.29) is 18.4 Å². The first-order chi connectivity index (χ1) is 10.1. The van der Waals surface area contributed by atoms with Gasteiger partial charge >= 0.3 is 0 Å². The Balaban J connectivity index is 1.95. The predicted octanol–water partition coefficient (Wildman–Crippen LogP) is 2.73. The number of benzene rings is 1. The lowest BCUT2D eigenvalue weighted by atomic mass is 9.95. The fourth-order valence-electron chi connectivity index (χ4n) is 3.97. The Kier molecular flexibility index (Phi) is 3.86. The molecule has 3 rings (SSSR count). The molecule has 0 fully saturated rings. The van der Waals surface area contributed by atoms with Gasteiger partial charge in [-0.05, 0) is 38.4 Å². The molecule has 0 bridgehead atoms. The van der Waals surface area contributed by atoms with Crippen LogP contribution in [-0.4, -0.2) is 42.9 Å². The molecule has 4 nitrogen and oxygen atoms in total. The van der Waals surface area contributed by atoms with E-state index in [1.54, 1.807) is 0 Å². The number of carbonyl (C=O) groups excluding carboxylic acids is 1. The van der Waals surface area contributed by atoms with Gasteiger partial charge in [-0.25, -0.2) is 0 Å². The minimum absolute atomic E-state index is 0.0139. The molecule has 1 aromatic rings. The van der Waals surface area contributed by atoms with Crippen LogP contribution < -0.4 is 4.65 Å². The molecule has 0 amide bonds. The van der Waals surface area contributed by atoms with Crippen LogP contribution in [0.15, 0.2) is 18.2 Å². The lowest BCUT2D eigenvalue weighted by Gasteiger charge is -2.47. The van der Waals surface area contributed by atoms with Gasteiger partial charge in [-0.15, -0.1) is 0 Å². The van der Waals surface area contributed by atoms with Crippen LogP contribution in [0.25, 0.3) is 0 Å². The molecule has 0 aromatic heterocycles. The van der Waals surface area contributed by atoms with Gasteiger partial charge in [0.1, 0.15) is 12.2 Å². The molecule has 0 saturated carbocycles. The lowest BCUT2D eigenvalue weighted by Crippen LogP contribution is -2.56. The van der Waals surface area contributed by atoms with Gasteiger partial charge in [0.15, 0.2) is 0 Å². The monoisotopic (exact) mass is 288 g/mol. The van der Waals surface area contributed by atoms with Crippen LogP contribution in [0.4, 0.5) is 5.69 Å². The third kappa shape index (κ3) is 2.41. The molecular formula is C17H24N2O2. The second-order valence-corrected chi connectivity index (χ2v) is 6.36. The van der Waals surface area contributed by atoms with Gasteiger partial charge < -0.3 is 9.85 Å². The number of ketones is 1. The minimum atomic E-state index is -0.432. The molecular weight excluding hydrogens is 264 g/mol. The Labute approximate surface area is 126 Å². The number of nitrogens with zero attached hydrogens (tertiary/aromatic N) is 2. The summed E-state index contributed by atoms with van der Waals surface area (Å²) in [6, 6.07) is 6.03. The zero-order chi connectivity index (χ0) is 15.0. The Morgan fingerprint density at radius 3 is 2.67 bits per heavy atom. The summed E-state index contributed by atoms with van der Waals surface area (Å²) >= 11 is 0. The molecule has 2 heterocycles. The second kappa shape index (κ2) is 5.52. The van der Waals surface area contributed by atoms with Crippen molar-refractivity contribution in [1.29, 1.82) is 0 Å². The van der Waals surface area contributed by atoms with E-state index in [1.807, 2.05) is 18.2 Å². The Morgan fingerprint density at radius 2 is 2.00 bits per heavy atom. The van der Waals surface area contributed by atoms with Crippen LogP contribution in [0.2, 0.25) is 0 Å². The van der Waals surface area contributed by atoms with E-state index in [9.17, 15) is 10.0 Å². The highest BCUT2D eigenvalue weighted by molar-refractivity contribution is 6.08. The van der Waals surface area contributed by atoms with Crippen molar-refractivity contribution < 1.29 is 4.79 Å². The van der Waals surface area contributed by atoms with Crippen molar-refractivity contribution in [2.75, 3.05) is 26.2 Å². The van der Waals surface area contributed by atoms with E-state index in [2.05, 4.69) is 18.7 Å². The third-order valence-electron chi connectivity index (χ3n) is 4.73. The zero-order valence-electron chi connectivity index (χ0n) is 13.0. The van der Waals surface area contributed by atoms with E-state index >= 15 is 0 Å². The quantitative estimate of drug-likeness (QED) is 0.618. The molecule has 2 aliphatic heterocycles. The number of hydrogen-bond acceptors (Lipinski definition) is 3. The average molecular weight is 288 g/mol. The summed E-state index contributed by atoms with van der Waals surface area (Å²) in [5.74, 6) is 0.0139. The number of hydroxylamine groups is 2. The Bertz CT molecular complexity index is 552. The second-order valence-electron chi connectivity index (χ2n) is 6.36. The molecule has 0 radical (unpaired) electrons. The average Bonchev–Trinajstić information content (AvgIpc) is 2.71. The topological polar surface area (TPSA) is 43.4 Å². The summed E-state index contributed by atoms with van der Waals surface area (Å²) in [4.78, 5) is 14.6. The van der Waals surface area contributed by atoms with E-state index < -0.39 is 4.65 Å². The van der Waals surface area contributed by atoms with Crippen molar-refractivity contribution >= 4 is 11.5 Å². The standard InChI is InChI=1S/C17H24N2O2/c1-3-8-18(9-4-2)14-10-13-6-5-7-15-16(20)12-19(21,11-14)17(13)15/h5-7,14H,3-4,8-12H2,1-2H3. The highest BCUT2D eigenvalue weighted by Gasteiger charge is 2.45. The first kappa shape index (κ1) is 14.7. The summed E-state index contributed by atoms with van der Waals surface area (Å²) < 4.78 is -0.432. The Morgan fingerprint density at radius 1 is 1.29 bits per heavy atom. The van der Waals surface area contributed by atoms with Crippen LogP contribution in [0, 0.1) is 5.21 Å². The van der Waals surface area contributed by atoms with Gasteiger partial charge in [0.05, 0.1) is 18.2 Å². The fraction of sp³-hybridized carbons (Fsp3) is 0.588. The van der Waals surface area contributed by atoms with E-state index in [0.29, 0.717) is 12.1 Å². The predicted molar refractivity (Wildman–Crippen MR) is 85.3 cm³/mol. The molecule has 0 N–H and O–H groups in total. The van der Waals surface area contributed by atoms with Crippen LogP contribution in [0.5, 0.6) is 0 Å². The lowest BCUT2D eigenvalue weighted by molar-refractivity contribution is 0.0961. The Hall–Kier alpha value is -1.23. The molecule has 0 spiro atoms. The fourth-order valence-corrected chi connectivity index (χ4v) is 3.97. The zero-order valence-corrected chi connectivity index (χ0v) is 13.0. The van der Waals surface area contributed by atoms with Crippen LogP contribution in [-0.2, 0) is 6.42 Å². The smallest absolute Gasteiger partial charge is 0.223 e. The van der Waals surface area contributed by atoms with Crippen molar-refractivity contribution in [3.05, 3.63) is 34.5 Å². The highest BCUT2D eigenvalue weighted by atomic mass is 16.5. The van der Waals surface area contributed by atoms with Crippen molar-refractivity contribution in [2.45, 2.75) is 39.2 Å². The maximum atomic E-state index is 13.2. The molecule has 114 valence electrons. The van der Waals surface area contributed by atoms with Gasteiger partial charge in [-0.1, -0.05) is 26.0 Å². The molecule has 21 heavy (non-hydrogen) atoms. The van der Waals surface area contributed by atoms with Crippen LogP contribution in [0.1, 0.15) is 42.6 Å². The molecule has 2 unspecified atom stereocenters. The van der Waals surface area contributed by atoms with Gasteiger partial charge in [-0.2, -0.15) is 0 Å². The number of hydrogen-bond donors (Lipinski definition) is 0. The van der Waals surface area contributed by atoms with E-state index in [0.717, 1.165) is 43.6 Å². The van der Waals surface area contributed by atoms with Gasteiger partial charge in [0, 0.05) is 5.56 Å². The van der Waals surface area contributed by atoms with Crippen molar-refractivity contribution in [3.63, 3.8) is 0 Å². The van der Waals surface area contributed by atoms with Crippen molar-refractivity contribution in [1.82, 2.24) is 9.55 Å². The van der Waals surface area contributed by atoms with Gasteiger partial charge in [0.2, 0.25) is 5.78 Å². The first-order valence-electron chi connectivity index (χ1n) is 8.07. The normalized spacial score (nSPS) is 27.2. The molecule has 1 aromatic carbocycles. The van der Waals surface area contributed by atoms with Crippen LogP contribution >= 0.6 is 0 Å². The van der Waals surface area contributed by atoms with E-state index in [1.165, 1.54) is 0 Å². The number of quaternary nitrogens is 1. The largest absolute Gasteiger partial charge is 0.627 e. The molecule has 2 aliphatic rings. The number of para-hydroxylation sites is 1. The maximum Gasteiger partial charge on any atom is 0.223 e. The first-order valence-corrected chi connectivity index (χ1v) is 8.07. The number of Topliss-reactive ketones (excluding diaryl/α,β-unsaturated/α-hetero) is 1. The molecule has 2 atom stereocenters. The van der Waals surface area contributed by atoms with E-state index in [4.69, 9.17) is 0 Å². The van der Waals surface area contributed by atoms with Gasteiger partial charge in [0.25, 0.3) is 0 Å². The summed E-state index contributed by atoms with van der Waals surface area (Å²) in [6.45, 7) is 7.03. The van der Waals surface area contributed by atoms with Crippen molar-refractivity contribution in [2.24, 2.45) is 0 Å². The summed E-state index contributed by atoms with van der Waals surface area (Å²) in [6.07, 6.45) is 3.10. The minimum Gasteiger partial charge on any atom is -0.627 e. The number of rotatable bonds is 5.